The van der Waals surface area contributed by atoms with E-state index in [0.717, 1.165) is 11.0 Å². The Bertz CT molecular complexity index is 699. The highest BCUT2D eigenvalue weighted by Crippen LogP contribution is 2.39. The summed E-state index contributed by atoms with van der Waals surface area (Å²) < 4.78 is 16.9. The van der Waals surface area contributed by atoms with Gasteiger partial charge in [0.2, 0.25) is 0 Å². The van der Waals surface area contributed by atoms with Crippen LogP contribution < -0.4 is 0 Å². The number of nitrogens with zero attached hydrogens (tertiary/aromatic N) is 1. The zero-order valence-corrected chi connectivity index (χ0v) is 16.8. The fraction of sp³-hybridized carbons (Fsp3) is 0.500. The van der Waals surface area contributed by atoms with Gasteiger partial charge in [0.15, 0.2) is 5.12 Å². The minimum atomic E-state index is -0.549. The summed E-state index contributed by atoms with van der Waals surface area (Å²) in [7, 11) is 0.764. The number of carbonyl (C=O) groups is 2. The van der Waals surface area contributed by atoms with E-state index < -0.39 is 24.3 Å². The van der Waals surface area contributed by atoms with E-state index in [1.807, 2.05) is 33.8 Å². The summed E-state index contributed by atoms with van der Waals surface area (Å²) in [6.45, 7) is 9.45. The van der Waals surface area contributed by atoms with E-state index in [9.17, 15) is 9.59 Å². The summed E-state index contributed by atoms with van der Waals surface area (Å²) >= 11 is 1.20. The molecule has 0 bridgehead atoms. The molecule has 1 aliphatic heterocycles. The maximum absolute atomic E-state index is 11.5. The molecule has 0 amide bonds. The molecule has 0 atom stereocenters. The molecule has 1 fully saturated rings. The molecule has 26 heavy (non-hydrogen) atoms. The van der Waals surface area contributed by atoms with Crippen LogP contribution in [0.1, 0.15) is 50.7 Å². The van der Waals surface area contributed by atoms with Crippen molar-refractivity contribution in [3.63, 3.8) is 0 Å². The van der Waals surface area contributed by atoms with Crippen LogP contribution >= 0.6 is 11.8 Å². The van der Waals surface area contributed by atoms with E-state index in [1.165, 1.54) is 25.8 Å². The molecule has 2 rings (SSSR count). The summed E-state index contributed by atoms with van der Waals surface area (Å²) in [4.78, 5) is 27.0. The summed E-state index contributed by atoms with van der Waals surface area (Å²) in [5, 5.41) is 0.0200. The molecule has 8 heteroatoms. The zero-order chi connectivity index (χ0) is 19.5. The van der Waals surface area contributed by atoms with Gasteiger partial charge < -0.3 is 14.0 Å². The Kier molecular flexibility index (Phi) is 6.31. The SMILES string of the molecule is COC(=O)c1ccc(C=C(CSC(C)=O)B2OC(C)(C)C(C)(C)O2)cn1. The first-order chi connectivity index (χ1) is 12.1. The van der Waals surface area contributed by atoms with E-state index >= 15 is 0 Å². The van der Waals surface area contributed by atoms with Gasteiger partial charge in [-0.3, -0.25) is 4.79 Å². The summed E-state index contributed by atoms with van der Waals surface area (Å²) in [5.74, 6) is -0.0379. The van der Waals surface area contributed by atoms with E-state index in [1.54, 1.807) is 18.3 Å². The van der Waals surface area contributed by atoms with Gasteiger partial charge in [-0.15, -0.1) is 0 Å². The molecule has 1 aromatic heterocycles. The van der Waals surface area contributed by atoms with Crippen LogP contribution in [0.5, 0.6) is 0 Å². The number of rotatable bonds is 5. The topological polar surface area (TPSA) is 74.7 Å². The third-order valence-corrected chi connectivity index (χ3v) is 5.42. The molecule has 0 saturated carbocycles. The molecule has 0 N–H and O–H groups in total. The highest BCUT2D eigenvalue weighted by molar-refractivity contribution is 8.13. The van der Waals surface area contributed by atoms with Gasteiger partial charge in [-0.25, -0.2) is 9.78 Å². The van der Waals surface area contributed by atoms with Crippen molar-refractivity contribution in [3.8, 4) is 0 Å². The summed E-state index contributed by atoms with van der Waals surface area (Å²) in [5.41, 5.74) is 0.915. The second-order valence-corrected chi connectivity index (χ2v) is 8.21. The third kappa shape index (κ3) is 4.75. The number of aromatic nitrogens is 1. The van der Waals surface area contributed by atoms with Crippen LogP contribution in [0.15, 0.2) is 23.8 Å². The second kappa shape index (κ2) is 7.94. The maximum Gasteiger partial charge on any atom is 0.491 e. The van der Waals surface area contributed by atoms with E-state index in [0.29, 0.717) is 5.75 Å². The van der Waals surface area contributed by atoms with Crippen molar-refractivity contribution < 1.29 is 23.6 Å². The first-order valence-electron chi connectivity index (χ1n) is 8.29. The van der Waals surface area contributed by atoms with Crippen molar-refractivity contribution in [2.24, 2.45) is 0 Å². The van der Waals surface area contributed by atoms with Crippen LogP contribution in [0.2, 0.25) is 0 Å². The van der Waals surface area contributed by atoms with Gasteiger partial charge in [0.05, 0.1) is 18.3 Å². The average Bonchev–Trinajstić information content (AvgIpc) is 2.78. The first kappa shape index (κ1) is 20.7. The zero-order valence-electron chi connectivity index (χ0n) is 16.0. The largest absolute Gasteiger partial charge is 0.491 e. The van der Waals surface area contributed by atoms with Gasteiger partial charge in [0.25, 0.3) is 0 Å². The molecule has 0 aliphatic carbocycles. The van der Waals surface area contributed by atoms with Gasteiger partial charge in [-0.1, -0.05) is 23.9 Å². The number of hydrogen-bond acceptors (Lipinski definition) is 7. The number of pyridine rings is 1. The normalized spacial score (nSPS) is 18.7. The number of ether oxygens (including phenoxy) is 1. The van der Waals surface area contributed by atoms with Crippen molar-refractivity contribution in [1.29, 1.82) is 0 Å². The lowest BCUT2D eigenvalue weighted by molar-refractivity contribution is -0.109. The fourth-order valence-electron chi connectivity index (χ4n) is 2.29. The Morgan fingerprint density at radius 2 is 1.85 bits per heavy atom. The molecule has 0 aromatic carbocycles. The van der Waals surface area contributed by atoms with Gasteiger partial charge >= 0.3 is 13.1 Å². The van der Waals surface area contributed by atoms with Gasteiger partial charge in [-0.05, 0) is 44.8 Å². The van der Waals surface area contributed by atoms with E-state index in [4.69, 9.17) is 9.31 Å². The molecule has 1 aliphatic rings. The fourth-order valence-corrected chi connectivity index (χ4v) is 2.88. The van der Waals surface area contributed by atoms with Crippen molar-refractivity contribution in [2.75, 3.05) is 12.9 Å². The maximum atomic E-state index is 11.5. The first-order valence-corrected chi connectivity index (χ1v) is 9.28. The third-order valence-electron chi connectivity index (χ3n) is 4.53. The Balaban J connectivity index is 2.28. The van der Waals surface area contributed by atoms with Crippen LogP contribution in [0.4, 0.5) is 0 Å². The molecule has 0 spiro atoms. The number of carbonyl (C=O) groups excluding carboxylic acids is 2. The van der Waals surface area contributed by atoms with Crippen molar-refractivity contribution in [3.05, 3.63) is 35.1 Å². The second-order valence-electron chi connectivity index (χ2n) is 7.06. The molecule has 0 unspecified atom stereocenters. The van der Waals surface area contributed by atoms with E-state index in [-0.39, 0.29) is 10.8 Å². The standard InChI is InChI=1S/C18H24BNO5S/c1-12(21)26-11-14(19-24-17(2,3)18(4,5)25-19)9-13-7-8-15(20-10-13)16(22)23-6/h7-10H,11H2,1-6H3. The van der Waals surface area contributed by atoms with Crippen molar-refractivity contribution >= 4 is 36.0 Å². The van der Waals surface area contributed by atoms with Crippen molar-refractivity contribution in [1.82, 2.24) is 4.98 Å². The minimum absolute atomic E-state index is 0.0200. The quantitative estimate of drug-likeness (QED) is 0.576. The molecule has 0 radical (unpaired) electrons. The van der Waals surface area contributed by atoms with Crippen LogP contribution in [0, 0.1) is 0 Å². The number of thioether (sulfide) groups is 1. The molecule has 1 saturated heterocycles. The number of methoxy groups -OCH3 is 1. The van der Waals surface area contributed by atoms with Gasteiger partial charge in [0, 0.05) is 18.9 Å². The van der Waals surface area contributed by atoms with Gasteiger partial charge in [0.1, 0.15) is 5.69 Å². The smallest absolute Gasteiger partial charge is 0.464 e. The molecule has 1 aromatic rings. The Morgan fingerprint density at radius 3 is 2.31 bits per heavy atom. The summed E-state index contributed by atoms with van der Waals surface area (Å²) in [6, 6.07) is 3.36. The lowest BCUT2D eigenvalue weighted by Gasteiger charge is -2.32. The molecule has 2 heterocycles. The highest BCUT2D eigenvalue weighted by atomic mass is 32.2. The van der Waals surface area contributed by atoms with E-state index in [2.05, 4.69) is 9.72 Å². The molecular weight excluding hydrogens is 353 g/mol. The predicted molar refractivity (Wildman–Crippen MR) is 103 cm³/mol. The predicted octanol–water partition coefficient (Wildman–Crippen LogP) is 3.16. The van der Waals surface area contributed by atoms with Crippen LogP contribution in [-0.4, -0.2) is 47.3 Å². The Hall–Kier alpha value is -1.64. The average molecular weight is 377 g/mol. The molecule has 140 valence electrons. The Labute approximate surface area is 158 Å². The number of hydrogen-bond donors (Lipinski definition) is 0. The minimum Gasteiger partial charge on any atom is -0.464 e. The van der Waals surface area contributed by atoms with Crippen molar-refractivity contribution in [2.45, 2.75) is 45.8 Å². The van der Waals surface area contributed by atoms with Crippen LogP contribution in [-0.2, 0) is 18.8 Å². The lowest BCUT2D eigenvalue weighted by atomic mass is 9.78. The number of esters is 1. The lowest BCUT2D eigenvalue weighted by Crippen LogP contribution is -2.41. The molecule has 6 nitrogen and oxygen atoms in total. The van der Waals surface area contributed by atoms with Gasteiger partial charge in [-0.2, -0.15) is 0 Å². The monoisotopic (exact) mass is 377 g/mol. The van der Waals surface area contributed by atoms with Crippen LogP contribution in [0.3, 0.4) is 0 Å². The van der Waals surface area contributed by atoms with Crippen LogP contribution in [0.25, 0.3) is 6.08 Å². The Morgan fingerprint density at radius 1 is 1.23 bits per heavy atom. The summed E-state index contributed by atoms with van der Waals surface area (Å²) in [6.07, 6.45) is 3.46. The molecular formula is C18H24BNO5S. The highest BCUT2D eigenvalue weighted by Gasteiger charge is 2.52.